The van der Waals surface area contributed by atoms with E-state index in [9.17, 15) is 19.2 Å². The normalized spacial score (nSPS) is 16.5. The Labute approximate surface area is 419 Å². The van der Waals surface area contributed by atoms with E-state index in [-0.39, 0.29) is 11.1 Å². The summed E-state index contributed by atoms with van der Waals surface area (Å²) in [7, 11) is 0. The van der Waals surface area contributed by atoms with Gasteiger partial charge < -0.3 is 38.5 Å². The number of nitrogens with zero attached hydrogens (tertiary/aromatic N) is 10. The first-order chi connectivity index (χ1) is 35.0. The maximum Gasteiger partial charge on any atom is 0.328 e. The lowest BCUT2D eigenvalue weighted by molar-refractivity contribution is -0.134. The number of hydrogen-bond donors (Lipinski definition) is 2. The average molecular weight is 1020 g/mol. The fourth-order valence-electron chi connectivity index (χ4n) is 9.56. The number of piperazine rings is 2. The molecular formula is C50H54N10O10S2. The van der Waals surface area contributed by atoms with E-state index >= 15 is 0 Å². The van der Waals surface area contributed by atoms with Gasteiger partial charge in [0.2, 0.25) is 0 Å². The van der Waals surface area contributed by atoms with Crippen LogP contribution in [0.2, 0.25) is 0 Å². The Balaban J connectivity index is 0.000000144. The first kappa shape index (κ1) is 48.8. The van der Waals surface area contributed by atoms with Crippen LogP contribution in [0.4, 0.5) is 11.6 Å². The van der Waals surface area contributed by atoms with Gasteiger partial charge >= 0.3 is 11.9 Å². The van der Waals surface area contributed by atoms with Gasteiger partial charge in [-0.2, -0.15) is 0 Å². The van der Waals surface area contributed by atoms with Crippen molar-refractivity contribution in [1.82, 2.24) is 39.2 Å². The topological polar surface area (TPSA) is 228 Å². The molecule has 20 nitrogen and oxygen atoms in total. The summed E-state index contributed by atoms with van der Waals surface area (Å²) in [5.41, 5.74) is 6.52. The molecule has 72 heavy (non-hydrogen) atoms. The summed E-state index contributed by atoms with van der Waals surface area (Å²) in [6.45, 7) is 16.9. The van der Waals surface area contributed by atoms with Crippen LogP contribution in [0.25, 0.3) is 42.4 Å². The van der Waals surface area contributed by atoms with Crippen LogP contribution in [0.3, 0.4) is 0 Å². The SMILES string of the molecule is Cc1ccc2onc(N3CCN(CCn4cnc5sc6c(c5c4=O)CCOC6)CC3)c2c1.Cc1ccc2onc(N3CCN(CCn4cnc5sc6c(c5c4=O)CCOC6)CC3)c2c1.O=C(O)/C=C/C(=O)O. The highest BCUT2D eigenvalue weighted by molar-refractivity contribution is 7.19. The molecule has 4 aliphatic rings. The third kappa shape index (κ3) is 10.5. The minimum absolute atomic E-state index is 0.0810. The third-order valence-electron chi connectivity index (χ3n) is 13.4. The van der Waals surface area contributed by atoms with Gasteiger partial charge in [-0.1, -0.05) is 33.6 Å². The molecular weight excluding hydrogens is 965 g/mol. The maximum atomic E-state index is 13.1. The number of aromatic nitrogens is 6. The van der Waals surface area contributed by atoms with Crippen LogP contribution < -0.4 is 20.9 Å². The molecule has 2 fully saturated rings. The molecule has 10 heterocycles. The molecule has 376 valence electrons. The highest BCUT2D eigenvalue weighted by Gasteiger charge is 2.26. The second-order valence-corrected chi connectivity index (χ2v) is 20.3. The zero-order chi connectivity index (χ0) is 49.9. The quantitative estimate of drug-likeness (QED) is 0.165. The van der Waals surface area contributed by atoms with E-state index in [0.717, 1.165) is 153 Å². The molecule has 0 amide bonds. The van der Waals surface area contributed by atoms with Crippen molar-refractivity contribution in [3.8, 4) is 0 Å². The third-order valence-corrected chi connectivity index (χ3v) is 15.6. The molecule has 0 atom stereocenters. The lowest BCUT2D eigenvalue weighted by Gasteiger charge is -2.34. The minimum atomic E-state index is -1.26. The lowest BCUT2D eigenvalue weighted by Crippen LogP contribution is -2.47. The minimum Gasteiger partial charge on any atom is -0.478 e. The van der Waals surface area contributed by atoms with Crippen LogP contribution in [0.5, 0.6) is 0 Å². The number of anilines is 2. The van der Waals surface area contributed by atoms with Gasteiger partial charge in [-0.05, 0) is 62.1 Å². The summed E-state index contributed by atoms with van der Waals surface area (Å²) in [6.07, 6.45) is 6.12. The number of benzene rings is 2. The average Bonchev–Trinajstić information content (AvgIpc) is 4.19. The summed E-state index contributed by atoms with van der Waals surface area (Å²) in [5, 5.41) is 28.0. The molecule has 2 aromatic carbocycles. The second kappa shape index (κ2) is 21.5. The summed E-state index contributed by atoms with van der Waals surface area (Å²) in [6, 6.07) is 12.3. The molecule has 0 unspecified atom stereocenters. The number of hydrogen-bond acceptors (Lipinski definition) is 18. The van der Waals surface area contributed by atoms with Gasteiger partial charge in [0, 0.05) is 100 Å². The van der Waals surface area contributed by atoms with Crippen LogP contribution in [0.15, 0.2) is 79.8 Å². The molecule has 0 spiro atoms. The first-order valence-corrected chi connectivity index (χ1v) is 25.6. The van der Waals surface area contributed by atoms with Crippen molar-refractivity contribution in [3.63, 3.8) is 0 Å². The van der Waals surface area contributed by atoms with Gasteiger partial charge in [-0.15, -0.1) is 22.7 Å². The van der Waals surface area contributed by atoms with Crippen molar-refractivity contribution in [3.05, 3.63) is 114 Å². The summed E-state index contributed by atoms with van der Waals surface area (Å²) >= 11 is 3.18. The molecule has 2 saturated heterocycles. The van der Waals surface area contributed by atoms with Crippen LogP contribution in [0.1, 0.15) is 32.0 Å². The number of carboxylic acids is 2. The highest BCUT2D eigenvalue weighted by Crippen LogP contribution is 2.33. The van der Waals surface area contributed by atoms with Crippen molar-refractivity contribution in [2.75, 3.05) is 88.5 Å². The van der Waals surface area contributed by atoms with Crippen molar-refractivity contribution < 1.29 is 38.3 Å². The van der Waals surface area contributed by atoms with E-state index in [1.165, 1.54) is 11.1 Å². The molecule has 8 aromatic rings. The fourth-order valence-corrected chi connectivity index (χ4v) is 11.8. The molecule has 4 aliphatic heterocycles. The highest BCUT2D eigenvalue weighted by atomic mass is 32.1. The van der Waals surface area contributed by atoms with Crippen LogP contribution >= 0.6 is 22.7 Å². The molecule has 6 aromatic heterocycles. The maximum absolute atomic E-state index is 13.1. The number of carbonyl (C=O) groups is 2. The van der Waals surface area contributed by atoms with E-state index < -0.39 is 11.9 Å². The van der Waals surface area contributed by atoms with Crippen LogP contribution in [-0.4, -0.2) is 140 Å². The number of fused-ring (bicyclic) bond motifs is 8. The molecule has 12 rings (SSSR count). The van der Waals surface area contributed by atoms with E-state index in [2.05, 4.69) is 65.9 Å². The number of aryl methyl sites for hydroxylation is 2. The number of aliphatic carboxylic acids is 2. The van der Waals surface area contributed by atoms with Gasteiger partial charge in [0.15, 0.2) is 22.8 Å². The van der Waals surface area contributed by atoms with Gasteiger partial charge in [-0.3, -0.25) is 28.5 Å². The van der Waals surface area contributed by atoms with Crippen molar-refractivity contribution in [1.29, 1.82) is 0 Å². The standard InChI is InChI=1S/2C23H25N5O3S.C4H4O4/c2*1-15-2-3-18-17(12-15)21(25-31-18)27-8-5-26(6-9-27)7-10-28-14-24-22-20(23(28)29)16-4-11-30-13-19(16)32-22;5-3(6)1-2-4(7)8/h2*2-3,12,14H,4-11,13H2,1H3;1-2H,(H,5,6)(H,7,8)/b;;2-1+. The zero-order valence-corrected chi connectivity index (χ0v) is 41.6. The van der Waals surface area contributed by atoms with E-state index in [1.54, 1.807) is 44.5 Å². The number of carboxylic acid groups (broad SMARTS) is 2. The van der Waals surface area contributed by atoms with E-state index in [1.807, 2.05) is 24.3 Å². The Morgan fingerprint density at radius 3 is 1.43 bits per heavy atom. The van der Waals surface area contributed by atoms with Crippen molar-refractivity contribution in [2.24, 2.45) is 0 Å². The monoisotopic (exact) mass is 1020 g/mol. The number of rotatable bonds is 10. The van der Waals surface area contributed by atoms with Crippen LogP contribution in [0, 0.1) is 13.8 Å². The van der Waals surface area contributed by atoms with Crippen molar-refractivity contribution >= 4 is 88.6 Å². The molecule has 0 aliphatic carbocycles. The Morgan fingerprint density at radius 2 is 1.03 bits per heavy atom. The van der Waals surface area contributed by atoms with Crippen molar-refractivity contribution in [2.45, 2.75) is 53.0 Å². The smallest absolute Gasteiger partial charge is 0.328 e. The Hall–Kier alpha value is -6.82. The van der Waals surface area contributed by atoms with Crippen LogP contribution in [-0.2, 0) is 58.2 Å². The molecule has 2 N–H and O–H groups in total. The predicted octanol–water partition coefficient (Wildman–Crippen LogP) is 5.32. The van der Waals surface area contributed by atoms with Gasteiger partial charge in [0.1, 0.15) is 9.66 Å². The number of ether oxygens (including phenoxy) is 2. The summed E-state index contributed by atoms with van der Waals surface area (Å²) in [4.78, 5) is 67.9. The molecule has 0 bridgehead atoms. The molecule has 0 radical (unpaired) electrons. The zero-order valence-electron chi connectivity index (χ0n) is 40.0. The summed E-state index contributed by atoms with van der Waals surface area (Å²) < 4.78 is 25.6. The van der Waals surface area contributed by atoms with Gasteiger partial charge in [0.05, 0.1) is 60.6 Å². The molecule has 22 heteroatoms. The number of thiophene rings is 2. The fraction of sp³-hybridized carbons (Fsp3) is 0.400. The Morgan fingerprint density at radius 1 is 0.611 bits per heavy atom. The second-order valence-electron chi connectivity index (χ2n) is 18.1. The summed E-state index contributed by atoms with van der Waals surface area (Å²) in [5.74, 6) is -0.652. The predicted molar refractivity (Wildman–Crippen MR) is 274 cm³/mol. The molecule has 0 saturated carbocycles. The Bertz CT molecular complexity index is 3210. The van der Waals surface area contributed by atoms with E-state index in [4.69, 9.17) is 28.7 Å². The Kier molecular flexibility index (Phi) is 14.6. The van der Waals surface area contributed by atoms with Gasteiger partial charge in [0.25, 0.3) is 11.1 Å². The largest absolute Gasteiger partial charge is 0.478 e. The van der Waals surface area contributed by atoms with E-state index in [0.29, 0.717) is 51.7 Å². The first-order valence-electron chi connectivity index (χ1n) is 23.9. The van der Waals surface area contributed by atoms with Gasteiger partial charge in [-0.25, -0.2) is 19.6 Å². The lowest BCUT2D eigenvalue weighted by atomic mass is 10.1.